The van der Waals surface area contributed by atoms with Gasteiger partial charge in [-0.3, -0.25) is 18.9 Å². The number of thioether (sulfide) groups is 1. The number of nitrogens with zero attached hydrogens (tertiary/aromatic N) is 3. The molecule has 5 rings (SSSR count). The molecule has 1 saturated carbocycles. The highest BCUT2D eigenvalue weighted by atomic mass is 32.2. The van der Waals surface area contributed by atoms with Crippen LogP contribution < -0.4 is 10.9 Å². The molecule has 2 aliphatic heterocycles. The number of ether oxygens (including phenoxy) is 1. The molecule has 3 aliphatic rings. The highest BCUT2D eigenvalue weighted by molar-refractivity contribution is 8.26. The number of carbonyl (C=O) groups is 1. The summed E-state index contributed by atoms with van der Waals surface area (Å²) in [4.78, 5) is 33.6. The zero-order valence-corrected chi connectivity index (χ0v) is 19.6. The highest BCUT2D eigenvalue weighted by Crippen LogP contribution is 2.38. The molecule has 1 N–H and O–H groups in total. The molecule has 1 amide bonds. The van der Waals surface area contributed by atoms with Crippen molar-refractivity contribution in [3.63, 3.8) is 0 Å². The van der Waals surface area contributed by atoms with Gasteiger partial charge in [0, 0.05) is 25.4 Å². The van der Waals surface area contributed by atoms with Crippen LogP contribution in [-0.2, 0) is 9.53 Å². The van der Waals surface area contributed by atoms with E-state index in [4.69, 9.17) is 21.9 Å². The summed E-state index contributed by atoms with van der Waals surface area (Å²) < 4.78 is 7.83. The summed E-state index contributed by atoms with van der Waals surface area (Å²) in [5.74, 6) is 0.367. The summed E-state index contributed by atoms with van der Waals surface area (Å²) >= 11 is 6.80. The molecule has 32 heavy (non-hydrogen) atoms. The van der Waals surface area contributed by atoms with Gasteiger partial charge in [0.25, 0.3) is 11.5 Å². The normalized spacial score (nSPS) is 23.2. The van der Waals surface area contributed by atoms with Gasteiger partial charge in [-0.2, -0.15) is 0 Å². The molecule has 0 radical (unpaired) electrons. The van der Waals surface area contributed by atoms with Crippen LogP contribution >= 0.6 is 24.0 Å². The van der Waals surface area contributed by atoms with Crippen molar-refractivity contribution in [3.8, 4) is 0 Å². The van der Waals surface area contributed by atoms with Crippen molar-refractivity contribution in [2.75, 3.05) is 18.5 Å². The van der Waals surface area contributed by atoms with Crippen molar-refractivity contribution in [3.05, 3.63) is 44.7 Å². The molecular weight excluding hydrogens is 444 g/mol. The molecule has 0 spiro atoms. The molecule has 0 bridgehead atoms. The summed E-state index contributed by atoms with van der Waals surface area (Å²) in [6.07, 6.45) is 9.75. The number of carbonyl (C=O) groups excluding carboxylic acids is 1. The van der Waals surface area contributed by atoms with E-state index < -0.39 is 0 Å². The fourth-order valence-corrected chi connectivity index (χ4v) is 6.01. The molecule has 2 saturated heterocycles. The number of aryl methyl sites for hydroxylation is 1. The quantitative estimate of drug-likeness (QED) is 0.527. The van der Waals surface area contributed by atoms with Gasteiger partial charge in [0.05, 0.1) is 16.6 Å². The Morgan fingerprint density at radius 3 is 2.81 bits per heavy atom. The molecule has 4 heterocycles. The molecule has 2 aromatic rings. The first-order valence-corrected chi connectivity index (χ1v) is 12.4. The summed E-state index contributed by atoms with van der Waals surface area (Å²) in [5, 5.41) is 3.31. The number of rotatable bonds is 5. The van der Waals surface area contributed by atoms with Gasteiger partial charge >= 0.3 is 0 Å². The number of nitrogens with one attached hydrogen (secondary N) is 1. The van der Waals surface area contributed by atoms with Gasteiger partial charge in [0.2, 0.25) is 0 Å². The lowest BCUT2D eigenvalue weighted by atomic mass is 10.2. The van der Waals surface area contributed by atoms with Crippen molar-refractivity contribution in [2.24, 2.45) is 0 Å². The molecule has 1 unspecified atom stereocenters. The Labute approximate surface area is 196 Å². The molecule has 1 aliphatic carbocycles. The van der Waals surface area contributed by atoms with Crippen LogP contribution in [-0.4, -0.2) is 49.8 Å². The second-order valence-corrected chi connectivity index (χ2v) is 10.3. The van der Waals surface area contributed by atoms with E-state index in [1.54, 1.807) is 17.2 Å². The first-order valence-electron chi connectivity index (χ1n) is 11.2. The molecule has 7 nitrogen and oxygen atoms in total. The zero-order chi connectivity index (χ0) is 22.2. The van der Waals surface area contributed by atoms with Crippen LogP contribution in [0.25, 0.3) is 11.7 Å². The van der Waals surface area contributed by atoms with Gasteiger partial charge in [0.15, 0.2) is 0 Å². The van der Waals surface area contributed by atoms with Crippen molar-refractivity contribution >= 4 is 51.7 Å². The minimum atomic E-state index is -0.209. The first kappa shape index (κ1) is 21.6. The van der Waals surface area contributed by atoms with E-state index in [1.165, 1.54) is 16.2 Å². The van der Waals surface area contributed by atoms with Crippen LogP contribution in [0.4, 0.5) is 5.82 Å². The number of pyridine rings is 1. The van der Waals surface area contributed by atoms with Gasteiger partial charge in [-0.25, -0.2) is 4.98 Å². The lowest BCUT2D eigenvalue weighted by Crippen LogP contribution is -2.36. The Hall–Kier alpha value is -2.23. The maximum absolute atomic E-state index is 13.5. The molecule has 1 atom stereocenters. The summed E-state index contributed by atoms with van der Waals surface area (Å²) in [7, 11) is 0. The molecule has 3 fully saturated rings. The third-order valence-corrected chi connectivity index (χ3v) is 7.65. The van der Waals surface area contributed by atoms with Crippen LogP contribution in [0.2, 0.25) is 0 Å². The fraction of sp³-hybridized carbons (Fsp3) is 0.478. The Morgan fingerprint density at radius 2 is 2.06 bits per heavy atom. The van der Waals surface area contributed by atoms with Crippen molar-refractivity contribution < 1.29 is 9.53 Å². The van der Waals surface area contributed by atoms with Gasteiger partial charge < -0.3 is 10.1 Å². The Kier molecular flexibility index (Phi) is 6.05. The van der Waals surface area contributed by atoms with Crippen molar-refractivity contribution in [2.45, 2.75) is 57.6 Å². The van der Waals surface area contributed by atoms with Crippen molar-refractivity contribution in [1.29, 1.82) is 0 Å². The number of aromatic nitrogens is 2. The summed E-state index contributed by atoms with van der Waals surface area (Å²) in [6.45, 7) is 3.26. The average Bonchev–Trinajstić information content (AvgIpc) is 3.52. The van der Waals surface area contributed by atoms with Crippen molar-refractivity contribution in [1.82, 2.24) is 14.3 Å². The minimum absolute atomic E-state index is 0.0988. The maximum Gasteiger partial charge on any atom is 0.267 e. The van der Waals surface area contributed by atoms with Crippen LogP contribution in [0.15, 0.2) is 28.0 Å². The largest absolute Gasteiger partial charge is 0.376 e. The smallest absolute Gasteiger partial charge is 0.267 e. The fourth-order valence-electron chi connectivity index (χ4n) is 4.63. The SMILES string of the molecule is Cc1ccc2nc(NCC3CCCO3)c(C=C3SC(=S)N(C4CCCC4)C3=O)c(=O)n2c1. The number of amides is 1. The van der Waals surface area contributed by atoms with Gasteiger partial charge in [-0.1, -0.05) is 42.9 Å². The number of fused-ring (bicyclic) bond motifs is 1. The molecule has 2 aromatic heterocycles. The number of hydrogen-bond acceptors (Lipinski definition) is 7. The van der Waals surface area contributed by atoms with Gasteiger partial charge in [0.1, 0.15) is 15.8 Å². The minimum Gasteiger partial charge on any atom is -0.376 e. The number of anilines is 1. The molecule has 9 heteroatoms. The highest BCUT2D eigenvalue weighted by Gasteiger charge is 2.38. The van der Waals surface area contributed by atoms with Crippen LogP contribution in [0.5, 0.6) is 0 Å². The standard InChI is InChI=1S/C23H26N4O3S2/c1-14-8-9-19-25-20(24-12-16-7-4-10-30-16)17(21(28)26(19)13-14)11-18-22(29)27(23(31)32-18)15-5-2-3-6-15/h8-9,11,13,15-16,24H,2-7,10,12H2,1H3. The second kappa shape index (κ2) is 8.96. The molecular formula is C23H26N4O3S2. The van der Waals surface area contributed by atoms with Gasteiger partial charge in [-0.15, -0.1) is 0 Å². The van der Waals surface area contributed by atoms with Crippen LogP contribution in [0, 0.1) is 6.92 Å². The Bertz CT molecular complexity index is 1160. The third kappa shape index (κ3) is 4.09. The van der Waals surface area contributed by atoms with E-state index in [1.807, 2.05) is 19.1 Å². The Morgan fingerprint density at radius 1 is 1.25 bits per heavy atom. The lowest BCUT2D eigenvalue weighted by Gasteiger charge is -2.21. The predicted octanol–water partition coefficient (Wildman–Crippen LogP) is 3.74. The molecule has 168 valence electrons. The third-order valence-electron chi connectivity index (χ3n) is 6.32. The summed E-state index contributed by atoms with van der Waals surface area (Å²) in [6, 6.07) is 3.93. The topological polar surface area (TPSA) is 75.9 Å². The first-order chi connectivity index (χ1) is 15.5. The Balaban J connectivity index is 1.54. The average molecular weight is 471 g/mol. The van der Waals surface area contributed by atoms with E-state index in [0.717, 1.165) is 50.7 Å². The molecule has 0 aromatic carbocycles. The zero-order valence-electron chi connectivity index (χ0n) is 18.0. The second-order valence-electron chi connectivity index (χ2n) is 8.62. The van der Waals surface area contributed by atoms with E-state index >= 15 is 0 Å². The van der Waals surface area contributed by atoms with E-state index in [-0.39, 0.29) is 23.6 Å². The maximum atomic E-state index is 13.5. The lowest BCUT2D eigenvalue weighted by molar-refractivity contribution is -0.123. The van der Waals surface area contributed by atoms with E-state index in [2.05, 4.69) is 5.32 Å². The predicted molar refractivity (Wildman–Crippen MR) is 131 cm³/mol. The van der Waals surface area contributed by atoms with E-state index in [0.29, 0.717) is 32.8 Å². The number of hydrogen-bond donors (Lipinski definition) is 1. The number of thiocarbonyl (C=S) groups is 1. The summed E-state index contributed by atoms with van der Waals surface area (Å²) in [5.41, 5.74) is 1.68. The van der Waals surface area contributed by atoms with Crippen LogP contribution in [0.1, 0.15) is 49.7 Å². The van der Waals surface area contributed by atoms with Crippen LogP contribution in [0.3, 0.4) is 0 Å². The monoisotopic (exact) mass is 470 g/mol. The van der Waals surface area contributed by atoms with Gasteiger partial charge in [-0.05, 0) is 50.3 Å². The van der Waals surface area contributed by atoms with E-state index in [9.17, 15) is 9.59 Å².